The van der Waals surface area contributed by atoms with E-state index in [9.17, 15) is 5.11 Å². The number of halogens is 3. The van der Waals surface area contributed by atoms with Gasteiger partial charge in [-0.05, 0) is 54.6 Å². The van der Waals surface area contributed by atoms with Crippen molar-refractivity contribution >= 4 is 50.1 Å². The van der Waals surface area contributed by atoms with E-state index < -0.39 is 6.10 Å². The molecule has 0 fully saturated rings. The summed E-state index contributed by atoms with van der Waals surface area (Å²) in [7, 11) is 0. The van der Waals surface area contributed by atoms with Crippen LogP contribution in [0.15, 0.2) is 28.9 Å². The van der Waals surface area contributed by atoms with Gasteiger partial charge in [-0.1, -0.05) is 27.5 Å². The van der Waals surface area contributed by atoms with Crippen LogP contribution in [0.3, 0.4) is 0 Å². The number of rotatable bonds is 3. The Morgan fingerprint density at radius 2 is 2.11 bits per heavy atom. The van der Waals surface area contributed by atoms with Gasteiger partial charge in [0.15, 0.2) is 0 Å². The summed E-state index contributed by atoms with van der Waals surface area (Å²) in [4.78, 5) is 0. The zero-order valence-corrected chi connectivity index (χ0v) is 14.9. The van der Waals surface area contributed by atoms with Crippen molar-refractivity contribution in [3.63, 3.8) is 0 Å². The summed E-state index contributed by atoms with van der Waals surface area (Å²) in [5.74, 6) is 0. The Kier molecular flexibility index (Phi) is 4.92. The van der Waals surface area contributed by atoms with Crippen LogP contribution in [0, 0.1) is 3.57 Å². The van der Waals surface area contributed by atoms with Gasteiger partial charge in [0.05, 0.1) is 16.9 Å². The lowest BCUT2D eigenvalue weighted by Crippen LogP contribution is -2.13. The molecule has 6 heteroatoms. The summed E-state index contributed by atoms with van der Waals surface area (Å²) >= 11 is 11.8. The van der Waals surface area contributed by atoms with Crippen molar-refractivity contribution in [2.75, 3.05) is 0 Å². The van der Waals surface area contributed by atoms with Gasteiger partial charge in [-0.15, -0.1) is 0 Å². The first-order valence-electron chi connectivity index (χ1n) is 5.77. The molecule has 102 valence electrons. The fraction of sp³-hybridized carbons (Fsp3) is 0.308. The number of nitrogens with zero attached hydrogens (tertiary/aromatic N) is 2. The molecule has 1 aromatic heterocycles. The highest BCUT2D eigenvalue weighted by Gasteiger charge is 2.23. The van der Waals surface area contributed by atoms with Crippen LogP contribution in [-0.4, -0.2) is 14.9 Å². The van der Waals surface area contributed by atoms with Gasteiger partial charge in [0, 0.05) is 19.6 Å². The minimum atomic E-state index is -0.790. The molecule has 0 aliphatic rings. The molecule has 2 aromatic rings. The summed E-state index contributed by atoms with van der Waals surface area (Å²) in [6.45, 7) is 4.01. The van der Waals surface area contributed by atoms with E-state index in [1.807, 2.05) is 32.0 Å². The molecule has 1 atom stereocenters. The largest absolute Gasteiger partial charge is 0.382 e. The molecule has 0 aliphatic heterocycles. The van der Waals surface area contributed by atoms with Crippen LogP contribution >= 0.6 is 50.1 Å². The number of aromatic nitrogens is 2. The van der Waals surface area contributed by atoms with Gasteiger partial charge in [-0.25, -0.2) is 0 Å². The average Bonchev–Trinajstić information content (AvgIpc) is 2.73. The minimum Gasteiger partial charge on any atom is -0.382 e. The second kappa shape index (κ2) is 6.11. The van der Waals surface area contributed by atoms with Crippen LogP contribution in [0.5, 0.6) is 0 Å². The van der Waals surface area contributed by atoms with Crippen molar-refractivity contribution in [3.05, 3.63) is 48.7 Å². The van der Waals surface area contributed by atoms with E-state index >= 15 is 0 Å². The third-order valence-electron chi connectivity index (χ3n) is 2.79. The van der Waals surface area contributed by atoms with Crippen LogP contribution in [-0.2, 0) is 0 Å². The van der Waals surface area contributed by atoms with Crippen molar-refractivity contribution in [1.29, 1.82) is 0 Å². The van der Waals surface area contributed by atoms with Gasteiger partial charge < -0.3 is 5.11 Å². The van der Waals surface area contributed by atoms with Crippen molar-refractivity contribution < 1.29 is 5.11 Å². The first-order chi connectivity index (χ1) is 8.91. The Bertz CT molecular complexity index is 600. The maximum atomic E-state index is 10.6. The second-order valence-corrected chi connectivity index (χ2v) is 6.97. The monoisotopic (exact) mass is 454 g/mol. The van der Waals surface area contributed by atoms with E-state index in [1.54, 1.807) is 10.9 Å². The zero-order chi connectivity index (χ0) is 14.2. The molecule has 3 nitrogen and oxygen atoms in total. The van der Waals surface area contributed by atoms with Gasteiger partial charge in [0.25, 0.3) is 0 Å². The average molecular weight is 456 g/mol. The highest BCUT2D eigenvalue weighted by atomic mass is 127. The number of aliphatic hydroxyl groups excluding tert-OH is 1. The molecule has 0 bridgehead atoms. The molecule has 2 rings (SSSR count). The van der Waals surface area contributed by atoms with E-state index in [2.05, 4.69) is 43.6 Å². The third kappa shape index (κ3) is 3.15. The van der Waals surface area contributed by atoms with Crippen molar-refractivity contribution in [2.45, 2.75) is 26.0 Å². The summed E-state index contributed by atoms with van der Waals surface area (Å²) in [6.07, 6.45) is 0.784. The fourth-order valence-electron chi connectivity index (χ4n) is 1.89. The molecule has 1 N–H and O–H groups in total. The molecule has 0 amide bonds. The molecule has 19 heavy (non-hydrogen) atoms. The third-order valence-corrected chi connectivity index (χ3v) is 4.55. The van der Waals surface area contributed by atoms with Crippen molar-refractivity contribution in [2.24, 2.45) is 0 Å². The first kappa shape index (κ1) is 15.3. The molecular weight excluding hydrogens is 442 g/mol. The molecule has 0 spiro atoms. The van der Waals surface area contributed by atoms with E-state index in [0.717, 1.165) is 13.6 Å². The SMILES string of the molecule is CC(C)n1ncc(Cl)c1C(O)c1cc(Br)ccc1I. The van der Waals surface area contributed by atoms with E-state index in [-0.39, 0.29) is 6.04 Å². The lowest BCUT2D eigenvalue weighted by atomic mass is 10.1. The van der Waals surface area contributed by atoms with Crippen LogP contribution in [0.4, 0.5) is 0 Å². The summed E-state index contributed by atoms with van der Waals surface area (Å²) in [5, 5.41) is 15.3. The molecule has 1 unspecified atom stereocenters. The summed E-state index contributed by atoms with van der Waals surface area (Å²) in [5.41, 5.74) is 1.45. The summed E-state index contributed by atoms with van der Waals surface area (Å²) in [6, 6.07) is 5.94. The number of hydrogen-bond acceptors (Lipinski definition) is 2. The van der Waals surface area contributed by atoms with Gasteiger partial charge in [0.2, 0.25) is 0 Å². The van der Waals surface area contributed by atoms with Gasteiger partial charge in [-0.2, -0.15) is 5.10 Å². The second-order valence-electron chi connectivity index (χ2n) is 4.48. The molecule has 0 saturated carbocycles. The van der Waals surface area contributed by atoms with Crippen molar-refractivity contribution in [3.8, 4) is 0 Å². The summed E-state index contributed by atoms with van der Waals surface area (Å²) < 4.78 is 3.67. The van der Waals surface area contributed by atoms with Crippen LogP contribution in [0.2, 0.25) is 5.02 Å². The fourth-order valence-corrected chi connectivity index (χ4v) is 3.13. The minimum absolute atomic E-state index is 0.141. The van der Waals surface area contributed by atoms with Gasteiger partial charge in [-0.3, -0.25) is 4.68 Å². The molecule has 1 aromatic carbocycles. The van der Waals surface area contributed by atoms with Crippen LogP contribution in [0.25, 0.3) is 0 Å². The Labute approximate surface area is 139 Å². The highest BCUT2D eigenvalue weighted by molar-refractivity contribution is 14.1. The molecule has 1 heterocycles. The topological polar surface area (TPSA) is 38.0 Å². The van der Waals surface area contributed by atoms with Crippen LogP contribution in [0.1, 0.15) is 37.3 Å². The smallest absolute Gasteiger partial charge is 0.123 e. The van der Waals surface area contributed by atoms with E-state index in [1.165, 1.54) is 0 Å². The maximum absolute atomic E-state index is 10.6. The quantitative estimate of drug-likeness (QED) is 0.689. The predicted octanol–water partition coefficient (Wildman–Crippen LogP) is 4.57. The maximum Gasteiger partial charge on any atom is 0.123 e. The number of benzene rings is 1. The van der Waals surface area contributed by atoms with Crippen molar-refractivity contribution in [1.82, 2.24) is 9.78 Å². The van der Waals surface area contributed by atoms with Gasteiger partial charge in [0.1, 0.15) is 6.10 Å². The Morgan fingerprint density at radius 1 is 1.42 bits per heavy atom. The first-order valence-corrected chi connectivity index (χ1v) is 8.02. The van der Waals surface area contributed by atoms with Gasteiger partial charge >= 0.3 is 0 Å². The highest BCUT2D eigenvalue weighted by Crippen LogP contribution is 2.33. The Morgan fingerprint density at radius 3 is 2.74 bits per heavy atom. The van der Waals surface area contributed by atoms with E-state index in [4.69, 9.17) is 11.6 Å². The molecular formula is C13H13BrClIN2O. The normalized spacial score (nSPS) is 13.0. The van der Waals surface area contributed by atoms with E-state index in [0.29, 0.717) is 10.7 Å². The lowest BCUT2D eigenvalue weighted by Gasteiger charge is -2.18. The van der Waals surface area contributed by atoms with Crippen LogP contribution < -0.4 is 0 Å². The standard InChI is InChI=1S/C13H13BrClIN2O/c1-7(2)18-12(10(15)6-17-18)13(19)9-5-8(14)3-4-11(9)16/h3-7,13,19H,1-2H3. The Hall–Kier alpha value is -0.110. The Balaban J connectivity index is 2.52. The lowest BCUT2D eigenvalue weighted by molar-refractivity contribution is 0.204. The number of aliphatic hydroxyl groups is 1. The molecule has 0 radical (unpaired) electrons. The number of hydrogen-bond donors (Lipinski definition) is 1. The predicted molar refractivity (Wildman–Crippen MR) is 88.5 cm³/mol. The molecule has 0 aliphatic carbocycles. The zero-order valence-electron chi connectivity index (χ0n) is 10.4. The molecule has 0 saturated heterocycles.